The van der Waals surface area contributed by atoms with Crippen LogP contribution in [0.3, 0.4) is 0 Å². The molecule has 0 saturated carbocycles. The van der Waals surface area contributed by atoms with Crippen molar-refractivity contribution in [2.24, 2.45) is 5.73 Å². The summed E-state index contributed by atoms with van der Waals surface area (Å²) in [5.41, 5.74) is 4.33. The van der Waals surface area contributed by atoms with Gasteiger partial charge in [-0.25, -0.2) is 4.39 Å². The molecular weight excluding hydrogens is 281 g/mol. The number of ketones is 1. The Morgan fingerprint density at radius 1 is 1.37 bits per heavy atom. The van der Waals surface area contributed by atoms with Crippen LogP contribution in [0.5, 0.6) is 5.75 Å². The Bertz CT molecular complexity index is 546. The molecule has 0 atom stereocenters. The molecule has 0 aromatic heterocycles. The molecule has 0 fully saturated rings. The first-order valence-electron chi connectivity index (χ1n) is 4.94. The van der Waals surface area contributed by atoms with E-state index in [0.717, 1.165) is 12.1 Å². The van der Waals surface area contributed by atoms with Crippen LogP contribution in [-0.4, -0.2) is 24.3 Å². The number of nitrogens with two attached hydrogens (primary N) is 1. The number of aliphatic carboxylic acids is 1. The average molecular weight is 289 g/mol. The van der Waals surface area contributed by atoms with Crippen molar-refractivity contribution in [2.75, 3.05) is 6.61 Å². The lowest BCUT2D eigenvalue weighted by atomic mass is 10.1. The third kappa shape index (κ3) is 4.22. The predicted octanol–water partition coefficient (Wildman–Crippen LogP) is -0.334. The highest BCUT2D eigenvalue weighted by Crippen LogP contribution is 2.28. The van der Waals surface area contributed by atoms with Crippen LogP contribution in [0, 0.1) is 5.82 Å². The van der Waals surface area contributed by atoms with Crippen LogP contribution >= 0.6 is 11.6 Å². The first-order chi connectivity index (χ1) is 8.81. The van der Waals surface area contributed by atoms with Gasteiger partial charge in [-0.3, -0.25) is 9.59 Å². The van der Waals surface area contributed by atoms with Crippen molar-refractivity contribution in [2.45, 2.75) is 6.42 Å². The van der Waals surface area contributed by atoms with Gasteiger partial charge in [0.25, 0.3) is 5.91 Å². The van der Waals surface area contributed by atoms with Crippen molar-refractivity contribution in [3.05, 3.63) is 28.5 Å². The summed E-state index contributed by atoms with van der Waals surface area (Å²) in [5.74, 6) is -4.58. The molecule has 102 valence electrons. The molecule has 0 heterocycles. The Morgan fingerprint density at radius 2 is 2.00 bits per heavy atom. The van der Waals surface area contributed by atoms with Crippen molar-refractivity contribution >= 4 is 29.3 Å². The van der Waals surface area contributed by atoms with E-state index in [2.05, 4.69) is 0 Å². The van der Waals surface area contributed by atoms with E-state index in [0.29, 0.717) is 0 Å². The molecule has 0 aliphatic heterocycles. The summed E-state index contributed by atoms with van der Waals surface area (Å²) < 4.78 is 18.3. The molecule has 1 amide bonds. The second-order valence-corrected chi connectivity index (χ2v) is 3.90. The van der Waals surface area contributed by atoms with Crippen molar-refractivity contribution < 1.29 is 28.6 Å². The number of carboxylic acids is 1. The van der Waals surface area contributed by atoms with Gasteiger partial charge < -0.3 is 20.4 Å². The van der Waals surface area contributed by atoms with Gasteiger partial charge in [-0.05, 0) is 12.1 Å². The minimum absolute atomic E-state index is 0.149. The second-order valence-electron chi connectivity index (χ2n) is 3.49. The molecule has 0 unspecified atom stereocenters. The molecule has 0 aliphatic rings. The van der Waals surface area contributed by atoms with Crippen LogP contribution in [0.2, 0.25) is 5.02 Å². The number of rotatable bonds is 6. The van der Waals surface area contributed by atoms with E-state index in [4.69, 9.17) is 22.1 Å². The fourth-order valence-electron chi connectivity index (χ4n) is 1.23. The monoisotopic (exact) mass is 288 g/mol. The molecule has 6 nitrogen and oxygen atoms in total. The van der Waals surface area contributed by atoms with Crippen molar-refractivity contribution in [1.82, 2.24) is 0 Å². The molecule has 1 aromatic carbocycles. The van der Waals surface area contributed by atoms with Gasteiger partial charge >= 0.3 is 0 Å². The zero-order valence-corrected chi connectivity index (χ0v) is 10.2. The van der Waals surface area contributed by atoms with Gasteiger partial charge in [-0.2, -0.15) is 0 Å². The molecule has 0 saturated heterocycles. The molecule has 0 radical (unpaired) electrons. The molecular formula is C11H8ClFNO5-. The number of primary amides is 1. The third-order valence-electron chi connectivity index (χ3n) is 2.00. The first kappa shape index (κ1) is 14.9. The number of ether oxygens (including phenoxy) is 1. The predicted molar refractivity (Wildman–Crippen MR) is 60.1 cm³/mol. The molecule has 1 rings (SSSR count). The van der Waals surface area contributed by atoms with Crippen molar-refractivity contribution in [3.8, 4) is 5.75 Å². The summed E-state index contributed by atoms with van der Waals surface area (Å²) in [6.07, 6.45) is -0.978. The van der Waals surface area contributed by atoms with E-state index in [1.807, 2.05) is 0 Å². The number of carbonyl (C=O) groups is 3. The standard InChI is InChI=1S/C11H9ClFNO5/c12-6-2-7(13)5(8(15)3-11(17)18)1-9(6)19-4-10(14)16/h1-2H,3-4H2,(H2,14,16)(H,17,18)/p-1. The summed E-state index contributed by atoms with van der Waals surface area (Å²) in [5, 5.41) is 10.1. The number of benzene rings is 1. The first-order valence-corrected chi connectivity index (χ1v) is 5.32. The molecule has 0 bridgehead atoms. The average Bonchev–Trinajstić information content (AvgIpc) is 2.26. The maximum absolute atomic E-state index is 13.5. The Labute approximate surface area is 111 Å². The molecule has 1 aromatic rings. The maximum Gasteiger partial charge on any atom is 0.255 e. The second kappa shape index (κ2) is 6.14. The Morgan fingerprint density at radius 3 is 2.53 bits per heavy atom. The van der Waals surface area contributed by atoms with Gasteiger partial charge in [0.1, 0.15) is 11.6 Å². The fraction of sp³-hybridized carbons (Fsp3) is 0.182. The third-order valence-corrected chi connectivity index (χ3v) is 2.29. The highest BCUT2D eigenvalue weighted by molar-refractivity contribution is 6.32. The lowest BCUT2D eigenvalue weighted by Gasteiger charge is -2.09. The number of hydrogen-bond donors (Lipinski definition) is 1. The van der Waals surface area contributed by atoms with E-state index >= 15 is 0 Å². The molecule has 0 aliphatic carbocycles. The number of carboxylic acid groups (broad SMARTS) is 1. The minimum Gasteiger partial charge on any atom is -0.550 e. The quantitative estimate of drug-likeness (QED) is 0.569. The Balaban J connectivity index is 3.05. The van der Waals surface area contributed by atoms with Gasteiger partial charge in [0.15, 0.2) is 12.4 Å². The summed E-state index contributed by atoms with van der Waals surface area (Å²) in [6.45, 7) is -0.514. The van der Waals surface area contributed by atoms with Gasteiger partial charge in [-0.1, -0.05) is 11.6 Å². The summed E-state index contributed by atoms with van der Waals surface area (Å²) in [6, 6.07) is 1.69. The SMILES string of the molecule is NC(=O)COc1cc(C(=O)CC(=O)[O-])c(F)cc1Cl. The summed E-state index contributed by atoms with van der Waals surface area (Å²) in [7, 11) is 0. The Kier molecular flexibility index (Phi) is 4.82. The van der Waals surface area contributed by atoms with E-state index in [1.54, 1.807) is 0 Å². The maximum atomic E-state index is 13.5. The van der Waals surface area contributed by atoms with Gasteiger partial charge in [0, 0.05) is 5.97 Å². The lowest BCUT2D eigenvalue weighted by Crippen LogP contribution is -2.25. The largest absolute Gasteiger partial charge is 0.550 e. The number of amides is 1. The van der Waals surface area contributed by atoms with E-state index in [1.165, 1.54) is 0 Å². The molecule has 19 heavy (non-hydrogen) atoms. The van der Waals surface area contributed by atoms with Crippen LogP contribution in [0.25, 0.3) is 0 Å². The van der Waals surface area contributed by atoms with E-state index in [9.17, 15) is 23.9 Å². The van der Waals surface area contributed by atoms with Crippen LogP contribution in [-0.2, 0) is 9.59 Å². The molecule has 2 N–H and O–H groups in total. The van der Waals surface area contributed by atoms with Crippen molar-refractivity contribution in [1.29, 1.82) is 0 Å². The van der Waals surface area contributed by atoms with Crippen LogP contribution in [0.1, 0.15) is 16.8 Å². The zero-order valence-electron chi connectivity index (χ0n) is 9.44. The number of carbonyl (C=O) groups excluding carboxylic acids is 3. The zero-order chi connectivity index (χ0) is 14.6. The van der Waals surface area contributed by atoms with Gasteiger partial charge in [0.05, 0.1) is 17.0 Å². The number of Topliss-reactive ketones (excluding diaryl/α,β-unsaturated/α-hetero) is 1. The van der Waals surface area contributed by atoms with Crippen molar-refractivity contribution in [3.63, 3.8) is 0 Å². The highest BCUT2D eigenvalue weighted by Gasteiger charge is 2.16. The van der Waals surface area contributed by atoms with E-state index in [-0.39, 0.29) is 10.8 Å². The highest BCUT2D eigenvalue weighted by atomic mass is 35.5. The summed E-state index contributed by atoms with van der Waals surface area (Å²) in [4.78, 5) is 32.3. The number of halogens is 2. The smallest absolute Gasteiger partial charge is 0.255 e. The van der Waals surface area contributed by atoms with Crippen LogP contribution in [0.4, 0.5) is 4.39 Å². The topological polar surface area (TPSA) is 110 Å². The minimum atomic E-state index is -1.64. The Hall–Kier alpha value is -2.15. The number of hydrogen-bond acceptors (Lipinski definition) is 5. The summed E-state index contributed by atoms with van der Waals surface area (Å²) >= 11 is 5.64. The van der Waals surface area contributed by atoms with Crippen LogP contribution < -0.4 is 15.6 Å². The molecule has 0 spiro atoms. The fourth-order valence-corrected chi connectivity index (χ4v) is 1.43. The lowest BCUT2D eigenvalue weighted by molar-refractivity contribution is -0.304. The van der Waals surface area contributed by atoms with Gasteiger partial charge in [-0.15, -0.1) is 0 Å². The van der Waals surface area contributed by atoms with Gasteiger partial charge in [0.2, 0.25) is 0 Å². The normalized spacial score (nSPS) is 10.0. The molecule has 8 heteroatoms. The van der Waals surface area contributed by atoms with E-state index < -0.39 is 42.1 Å². The van der Waals surface area contributed by atoms with Crippen LogP contribution in [0.15, 0.2) is 12.1 Å².